The second kappa shape index (κ2) is 7.75. The number of hydrogen-bond donors (Lipinski definition) is 1. The largest absolute Gasteiger partial charge is 0.484 e. The number of aromatic nitrogens is 1. The molecule has 1 aromatic carbocycles. The lowest BCUT2D eigenvalue weighted by Crippen LogP contribution is -2.20. The number of thiazole rings is 1. The predicted molar refractivity (Wildman–Crippen MR) is 112 cm³/mol. The number of hydrogen-bond acceptors (Lipinski definition) is 7. The molecule has 6 nitrogen and oxygen atoms in total. The number of fused-ring (bicyclic) bond motifs is 1. The number of aryl methyl sites for hydroxylation is 1. The van der Waals surface area contributed by atoms with Gasteiger partial charge in [0, 0.05) is 22.9 Å². The molecule has 3 heterocycles. The van der Waals surface area contributed by atoms with Crippen LogP contribution in [-0.2, 0) is 4.79 Å². The molecule has 0 aliphatic carbocycles. The Morgan fingerprint density at radius 3 is 2.93 bits per heavy atom. The van der Waals surface area contributed by atoms with E-state index in [-0.39, 0.29) is 12.5 Å². The van der Waals surface area contributed by atoms with E-state index in [0.29, 0.717) is 20.8 Å². The number of thiophene rings is 1. The quantitative estimate of drug-likeness (QED) is 0.451. The van der Waals surface area contributed by atoms with Crippen molar-refractivity contribution in [2.45, 2.75) is 6.92 Å². The molecule has 3 aromatic heterocycles. The SMILES string of the molecule is Cc1cc(=O)oc2cc(OCC(=O)Nc3nc(-c4ccc(Cl)s4)cs3)ccc12. The van der Waals surface area contributed by atoms with Crippen LogP contribution in [0.25, 0.3) is 21.5 Å². The monoisotopic (exact) mass is 432 g/mol. The number of ether oxygens (including phenoxy) is 1. The van der Waals surface area contributed by atoms with Crippen LogP contribution in [0.5, 0.6) is 5.75 Å². The summed E-state index contributed by atoms with van der Waals surface area (Å²) in [6, 6.07) is 10.2. The molecule has 4 aromatic rings. The molecule has 0 unspecified atom stereocenters. The van der Waals surface area contributed by atoms with Crippen molar-refractivity contribution in [2.75, 3.05) is 11.9 Å². The van der Waals surface area contributed by atoms with Gasteiger partial charge in [-0.25, -0.2) is 9.78 Å². The molecule has 9 heteroatoms. The van der Waals surface area contributed by atoms with E-state index >= 15 is 0 Å². The number of carbonyl (C=O) groups is 1. The Morgan fingerprint density at radius 2 is 2.14 bits per heavy atom. The standard InChI is InChI=1S/C19H13ClN2O4S2/c1-10-6-18(24)26-14-7-11(2-3-12(10)14)25-8-17(23)22-19-21-13(9-27-19)15-4-5-16(20)28-15/h2-7,9H,8H2,1H3,(H,21,22,23). The van der Waals surface area contributed by atoms with Crippen LogP contribution >= 0.6 is 34.3 Å². The summed E-state index contributed by atoms with van der Waals surface area (Å²) >= 11 is 8.69. The summed E-state index contributed by atoms with van der Waals surface area (Å²) in [5.74, 6) is 0.0976. The minimum Gasteiger partial charge on any atom is -0.484 e. The fourth-order valence-corrected chi connectivity index (χ4v) is 4.40. The minimum atomic E-state index is -0.425. The third-order valence-corrected chi connectivity index (χ3v) is 5.88. The highest BCUT2D eigenvalue weighted by Crippen LogP contribution is 2.32. The normalized spacial score (nSPS) is 10.9. The lowest BCUT2D eigenvalue weighted by atomic mass is 10.1. The molecule has 0 atom stereocenters. The third-order valence-electron chi connectivity index (χ3n) is 3.87. The maximum absolute atomic E-state index is 12.1. The van der Waals surface area contributed by atoms with Crippen LogP contribution in [-0.4, -0.2) is 17.5 Å². The van der Waals surface area contributed by atoms with Gasteiger partial charge in [-0.2, -0.15) is 0 Å². The van der Waals surface area contributed by atoms with E-state index in [9.17, 15) is 9.59 Å². The molecule has 0 radical (unpaired) electrons. The molecule has 0 saturated heterocycles. The van der Waals surface area contributed by atoms with Gasteiger partial charge in [-0.3, -0.25) is 10.1 Å². The van der Waals surface area contributed by atoms with Crippen molar-refractivity contribution in [2.24, 2.45) is 0 Å². The molecule has 0 fully saturated rings. The van der Waals surface area contributed by atoms with E-state index in [0.717, 1.165) is 21.5 Å². The zero-order valence-electron chi connectivity index (χ0n) is 14.5. The van der Waals surface area contributed by atoms with Gasteiger partial charge in [-0.05, 0) is 36.8 Å². The Kier molecular flexibility index (Phi) is 5.17. The molecule has 0 bridgehead atoms. The Labute approximate surface area is 172 Å². The fourth-order valence-electron chi connectivity index (χ4n) is 2.60. The number of halogens is 1. The van der Waals surface area contributed by atoms with Crippen LogP contribution in [0.4, 0.5) is 5.13 Å². The van der Waals surface area contributed by atoms with Crippen molar-refractivity contribution in [3.63, 3.8) is 0 Å². The van der Waals surface area contributed by atoms with Gasteiger partial charge >= 0.3 is 5.63 Å². The van der Waals surface area contributed by atoms with Crippen molar-refractivity contribution in [1.29, 1.82) is 0 Å². The summed E-state index contributed by atoms with van der Waals surface area (Å²) in [4.78, 5) is 29.0. The van der Waals surface area contributed by atoms with Gasteiger partial charge in [0.05, 0.1) is 14.9 Å². The molecule has 1 amide bonds. The van der Waals surface area contributed by atoms with Crippen molar-refractivity contribution in [3.05, 3.63) is 62.1 Å². The summed E-state index contributed by atoms with van der Waals surface area (Å²) in [6.45, 7) is 1.64. The maximum Gasteiger partial charge on any atom is 0.336 e. The molecule has 1 N–H and O–H groups in total. The van der Waals surface area contributed by atoms with Gasteiger partial charge in [-0.1, -0.05) is 11.6 Å². The first-order valence-electron chi connectivity index (χ1n) is 8.16. The summed E-state index contributed by atoms with van der Waals surface area (Å²) in [7, 11) is 0. The molecular formula is C19H13ClN2O4S2. The highest BCUT2D eigenvalue weighted by atomic mass is 35.5. The number of carbonyl (C=O) groups excluding carboxylic acids is 1. The number of nitrogens with one attached hydrogen (secondary N) is 1. The van der Waals surface area contributed by atoms with Gasteiger partial charge in [-0.15, -0.1) is 22.7 Å². The van der Waals surface area contributed by atoms with Gasteiger partial charge in [0.25, 0.3) is 5.91 Å². The number of benzene rings is 1. The lowest BCUT2D eigenvalue weighted by Gasteiger charge is -2.07. The average molecular weight is 433 g/mol. The zero-order chi connectivity index (χ0) is 19.7. The van der Waals surface area contributed by atoms with E-state index in [2.05, 4.69) is 10.3 Å². The molecule has 0 aliphatic rings. The molecular weight excluding hydrogens is 420 g/mol. The first-order chi connectivity index (χ1) is 13.5. The molecule has 0 spiro atoms. The van der Waals surface area contributed by atoms with Crippen LogP contribution in [0.15, 0.2) is 51.0 Å². The number of nitrogens with zero attached hydrogens (tertiary/aromatic N) is 1. The second-order valence-electron chi connectivity index (χ2n) is 5.88. The summed E-state index contributed by atoms with van der Waals surface area (Å²) in [5.41, 5.74) is 1.58. The molecule has 4 rings (SSSR count). The van der Waals surface area contributed by atoms with Crippen LogP contribution < -0.4 is 15.7 Å². The maximum atomic E-state index is 12.1. The molecule has 0 saturated carbocycles. The van der Waals surface area contributed by atoms with E-state index in [4.69, 9.17) is 20.8 Å². The minimum absolute atomic E-state index is 0.193. The second-order valence-corrected chi connectivity index (χ2v) is 8.46. The highest BCUT2D eigenvalue weighted by Gasteiger charge is 2.11. The number of amides is 1. The van der Waals surface area contributed by atoms with E-state index in [1.165, 1.54) is 28.7 Å². The Bertz CT molecular complexity index is 1230. The molecule has 142 valence electrons. The van der Waals surface area contributed by atoms with Crippen LogP contribution in [0.2, 0.25) is 4.34 Å². The van der Waals surface area contributed by atoms with Crippen LogP contribution in [0, 0.1) is 6.92 Å². The molecule has 0 aliphatic heterocycles. The number of rotatable bonds is 5. The van der Waals surface area contributed by atoms with Crippen LogP contribution in [0.3, 0.4) is 0 Å². The molecule has 28 heavy (non-hydrogen) atoms. The average Bonchev–Trinajstić information content (AvgIpc) is 3.28. The zero-order valence-corrected chi connectivity index (χ0v) is 16.9. The van der Waals surface area contributed by atoms with Crippen molar-refractivity contribution < 1.29 is 13.9 Å². The summed E-state index contributed by atoms with van der Waals surface area (Å²) in [5, 5.41) is 5.86. The Hall–Kier alpha value is -2.68. The predicted octanol–water partition coefficient (Wildman–Crippen LogP) is 4.96. The fraction of sp³-hybridized carbons (Fsp3) is 0.105. The van der Waals surface area contributed by atoms with Crippen LogP contribution in [0.1, 0.15) is 5.56 Å². The lowest BCUT2D eigenvalue weighted by molar-refractivity contribution is -0.118. The highest BCUT2D eigenvalue weighted by molar-refractivity contribution is 7.20. The smallest absolute Gasteiger partial charge is 0.336 e. The van der Waals surface area contributed by atoms with Gasteiger partial charge in [0.2, 0.25) is 0 Å². The Morgan fingerprint density at radius 1 is 1.29 bits per heavy atom. The summed E-state index contributed by atoms with van der Waals surface area (Å²) in [6.07, 6.45) is 0. The van der Waals surface area contributed by atoms with Gasteiger partial charge in [0.15, 0.2) is 11.7 Å². The van der Waals surface area contributed by atoms with E-state index in [1.54, 1.807) is 24.3 Å². The van der Waals surface area contributed by atoms with Crippen molar-refractivity contribution in [1.82, 2.24) is 4.98 Å². The first-order valence-corrected chi connectivity index (χ1v) is 10.2. The van der Waals surface area contributed by atoms with Gasteiger partial charge in [0.1, 0.15) is 11.3 Å². The topological polar surface area (TPSA) is 81.4 Å². The summed E-state index contributed by atoms with van der Waals surface area (Å²) < 4.78 is 11.4. The van der Waals surface area contributed by atoms with E-state index in [1.807, 2.05) is 18.4 Å². The van der Waals surface area contributed by atoms with Crippen molar-refractivity contribution in [3.8, 4) is 16.3 Å². The van der Waals surface area contributed by atoms with E-state index < -0.39 is 5.63 Å². The third kappa shape index (κ3) is 4.09. The van der Waals surface area contributed by atoms with Gasteiger partial charge < -0.3 is 9.15 Å². The Balaban J connectivity index is 1.40. The number of anilines is 1. The first kappa shape index (κ1) is 18.7. The van der Waals surface area contributed by atoms with Crippen molar-refractivity contribution >= 4 is 56.3 Å².